The lowest BCUT2D eigenvalue weighted by Gasteiger charge is -2.16. The summed E-state index contributed by atoms with van der Waals surface area (Å²) in [4.78, 5) is 25.7. The van der Waals surface area contributed by atoms with Crippen molar-refractivity contribution in [3.63, 3.8) is 0 Å². The number of hydrogen-bond donors (Lipinski definition) is 2. The van der Waals surface area contributed by atoms with E-state index in [1.165, 1.54) is 0 Å². The highest BCUT2D eigenvalue weighted by atomic mass is 16.7. The fraction of sp³-hybridized carbons (Fsp3) is 0.667. The fourth-order valence-corrected chi connectivity index (χ4v) is 1.49. The molecular formula is C9H13N3O4. The number of carbonyl (C=O) groups is 2. The van der Waals surface area contributed by atoms with Gasteiger partial charge in [0.2, 0.25) is 5.96 Å². The van der Waals surface area contributed by atoms with E-state index in [0.29, 0.717) is 13.2 Å². The largest absolute Gasteiger partial charge is 0.348 e. The molecule has 1 unspecified atom stereocenters. The van der Waals surface area contributed by atoms with Crippen molar-refractivity contribution >= 4 is 17.8 Å². The molecule has 2 aliphatic rings. The van der Waals surface area contributed by atoms with Crippen LogP contribution < -0.4 is 10.6 Å². The third kappa shape index (κ3) is 2.37. The van der Waals surface area contributed by atoms with Gasteiger partial charge in [0, 0.05) is 0 Å². The molecule has 7 heteroatoms. The van der Waals surface area contributed by atoms with Crippen LogP contribution in [-0.2, 0) is 19.1 Å². The summed E-state index contributed by atoms with van der Waals surface area (Å²) in [5.74, 6) is -1.80. The van der Waals surface area contributed by atoms with Crippen molar-refractivity contribution in [2.75, 3.05) is 13.2 Å². The number of amides is 2. The number of nitrogens with one attached hydrogen (secondary N) is 2. The second-order valence-corrected chi connectivity index (χ2v) is 4.05. The van der Waals surface area contributed by atoms with E-state index in [9.17, 15) is 9.59 Å². The summed E-state index contributed by atoms with van der Waals surface area (Å²) in [7, 11) is 0. The molecule has 2 N–H and O–H groups in total. The van der Waals surface area contributed by atoms with E-state index in [4.69, 9.17) is 9.47 Å². The molecule has 0 radical (unpaired) electrons. The Labute approximate surface area is 92.2 Å². The molecular weight excluding hydrogens is 214 g/mol. The molecule has 0 aromatic rings. The Morgan fingerprint density at radius 3 is 2.50 bits per heavy atom. The predicted octanol–water partition coefficient (Wildman–Crippen LogP) is -1.26. The molecule has 2 fully saturated rings. The minimum absolute atomic E-state index is 0.156. The van der Waals surface area contributed by atoms with Gasteiger partial charge < -0.3 is 9.47 Å². The summed E-state index contributed by atoms with van der Waals surface area (Å²) in [6.45, 7) is 4.42. The highest BCUT2D eigenvalue weighted by Gasteiger charge is 2.33. The Balaban J connectivity index is 1.86. The second-order valence-electron chi connectivity index (χ2n) is 4.05. The topological polar surface area (TPSA) is 89.0 Å². The molecule has 0 saturated carbocycles. The summed E-state index contributed by atoms with van der Waals surface area (Å²) in [6, 6.07) is 0. The van der Waals surface area contributed by atoms with Crippen molar-refractivity contribution < 1.29 is 19.1 Å². The standard InChI is InChI=1S/C9H13N3O4/c1-9(2)15-4-5(16-9)3-10-8-11-6(13)7(14)12-8/h5H,3-4H2,1-2H3,(H2,10,11,12,13,14). The fourth-order valence-electron chi connectivity index (χ4n) is 1.49. The molecule has 88 valence electrons. The van der Waals surface area contributed by atoms with Gasteiger partial charge in [-0.3, -0.25) is 20.2 Å². The molecule has 16 heavy (non-hydrogen) atoms. The number of rotatable bonds is 2. The lowest BCUT2D eigenvalue weighted by Crippen LogP contribution is -2.28. The van der Waals surface area contributed by atoms with Crippen LogP contribution in [0.2, 0.25) is 0 Å². The minimum atomic E-state index is -0.692. The van der Waals surface area contributed by atoms with E-state index in [0.717, 1.165) is 0 Å². The van der Waals surface area contributed by atoms with E-state index in [-0.39, 0.29) is 12.1 Å². The van der Waals surface area contributed by atoms with Crippen molar-refractivity contribution in [2.24, 2.45) is 4.99 Å². The number of guanidine groups is 1. The zero-order chi connectivity index (χ0) is 11.8. The Kier molecular flexibility index (Phi) is 2.64. The van der Waals surface area contributed by atoms with E-state index in [1.807, 2.05) is 13.8 Å². The first-order valence-electron chi connectivity index (χ1n) is 4.95. The van der Waals surface area contributed by atoms with Crippen LogP contribution in [0.4, 0.5) is 0 Å². The van der Waals surface area contributed by atoms with Crippen molar-refractivity contribution in [1.82, 2.24) is 10.6 Å². The number of aliphatic imine (C=N–C) groups is 1. The Morgan fingerprint density at radius 1 is 1.38 bits per heavy atom. The summed E-state index contributed by atoms with van der Waals surface area (Å²) in [5, 5.41) is 4.60. The maximum Gasteiger partial charge on any atom is 0.316 e. The summed E-state index contributed by atoms with van der Waals surface area (Å²) in [5.41, 5.74) is 0. The monoisotopic (exact) mass is 227 g/mol. The highest BCUT2D eigenvalue weighted by molar-refractivity contribution is 6.45. The van der Waals surface area contributed by atoms with Gasteiger partial charge in [0.15, 0.2) is 5.79 Å². The maximum absolute atomic E-state index is 10.8. The van der Waals surface area contributed by atoms with Gasteiger partial charge >= 0.3 is 11.8 Å². The zero-order valence-electron chi connectivity index (χ0n) is 9.07. The van der Waals surface area contributed by atoms with Crippen molar-refractivity contribution in [1.29, 1.82) is 0 Å². The van der Waals surface area contributed by atoms with Crippen LogP contribution in [0.3, 0.4) is 0 Å². The van der Waals surface area contributed by atoms with Crippen molar-refractivity contribution in [2.45, 2.75) is 25.7 Å². The molecule has 2 rings (SSSR count). The number of hydrogen-bond acceptors (Lipinski definition) is 5. The summed E-state index contributed by atoms with van der Waals surface area (Å²) in [6.07, 6.45) is -0.156. The van der Waals surface area contributed by atoms with Gasteiger partial charge in [-0.05, 0) is 13.8 Å². The molecule has 0 aliphatic carbocycles. The smallest absolute Gasteiger partial charge is 0.316 e. The molecule has 1 atom stereocenters. The third-order valence-electron chi connectivity index (χ3n) is 2.19. The van der Waals surface area contributed by atoms with Crippen molar-refractivity contribution in [3.05, 3.63) is 0 Å². The van der Waals surface area contributed by atoms with Gasteiger partial charge in [-0.1, -0.05) is 0 Å². The second kappa shape index (κ2) is 3.84. The molecule has 7 nitrogen and oxygen atoms in total. The Morgan fingerprint density at radius 2 is 2.00 bits per heavy atom. The minimum Gasteiger partial charge on any atom is -0.348 e. The Hall–Kier alpha value is -1.47. The van der Waals surface area contributed by atoms with Gasteiger partial charge in [0.1, 0.15) is 6.10 Å². The first kappa shape index (κ1) is 11.0. The number of carbonyl (C=O) groups excluding carboxylic acids is 2. The lowest BCUT2D eigenvalue weighted by atomic mass is 10.4. The van der Waals surface area contributed by atoms with Crippen LogP contribution in [0.25, 0.3) is 0 Å². The van der Waals surface area contributed by atoms with Crippen LogP contribution in [0.1, 0.15) is 13.8 Å². The van der Waals surface area contributed by atoms with Gasteiger partial charge in [-0.15, -0.1) is 0 Å². The maximum atomic E-state index is 10.8. The van der Waals surface area contributed by atoms with Gasteiger partial charge in [0.05, 0.1) is 13.2 Å². The SMILES string of the molecule is CC1(C)OCC(CN=C2NC(=O)C(=O)N2)O1. The van der Waals surface area contributed by atoms with Gasteiger partial charge in [-0.25, -0.2) is 4.99 Å². The van der Waals surface area contributed by atoms with E-state index < -0.39 is 17.6 Å². The van der Waals surface area contributed by atoms with Crippen LogP contribution in [0.15, 0.2) is 4.99 Å². The van der Waals surface area contributed by atoms with E-state index >= 15 is 0 Å². The van der Waals surface area contributed by atoms with Crippen LogP contribution in [-0.4, -0.2) is 42.8 Å². The normalized spacial score (nSPS) is 27.9. The summed E-state index contributed by atoms with van der Waals surface area (Å²) < 4.78 is 10.9. The van der Waals surface area contributed by atoms with E-state index in [2.05, 4.69) is 15.6 Å². The van der Waals surface area contributed by atoms with Crippen LogP contribution >= 0.6 is 0 Å². The van der Waals surface area contributed by atoms with Crippen molar-refractivity contribution in [3.8, 4) is 0 Å². The number of ether oxygens (including phenoxy) is 2. The first-order chi connectivity index (χ1) is 7.46. The summed E-state index contributed by atoms with van der Waals surface area (Å²) >= 11 is 0. The van der Waals surface area contributed by atoms with E-state index in [1.54, 1.807) is 0 Å². The molecule has 0 spiro atoms. The number of nitrogens with zero attached hydrogens (tertiary/aromatic N) is 1. The quantitative estimate of drug-likeness (QED) is 0.576. The first-order valence-corrected chi connectivity index (χ1v) is 4.95. The predicted molar refractivity (Wildman–Crippen MR) is 53.5 cm³/mol. The molecule has 2 aliphatic heterocycles. The van der Waals surface area contributed by atoms with Crippen LogP contribution in [0, 0.1) is 0 Å². The molecule has 2 saturated heterocycles. The third-order valence-corrected chi connectivity index (χ3v) is 2.19. The molecule has 2 heterocycles. The highest BCUT2D eigenvalue weighted by Crippen LogP contribution is 2.22. The van der Waals surface area contributed by atoms with Gasteiger partial charge in [0.25, 0.3) is 0 Å². The Bertz CT molecular complexity index is 346. The molecule has 0 bridgehead atoms. The lowest BCUT2D eigenvalue weighted by molar-refractivity contribution is -0.137. The van der Waals surface area contributed by atoms with Gasteiger partial charge in [-0.2, -0.15) is 0 Å². The molecule has 2 amide bonds. The molecule has 0 aromatic carbocycles. The average molecular weight is 227 g/mol. The van der Waals surface area contributed by atoms with Crippen LogP contribution in [0.5, 0.6) is 0 Å². The average Bonchev–Trinajstić information content (AvgIpc) is 2.68. The molecule has 0 aromatic heterocycles. The zero-order valence-corrected chi connectivity index (χ0v) is 9.07.